The molecule has 0 heterocycles. The number of hydrogen-bond acceptors (Lipinski definition) is 2. The first-order valence-electron chi connectivity index (χ1n) is 7.02. The van der Waals surface area contributed by atoms with E-state index in [1.165, 1.54) is 0 Å². The number of halogens is 4. The second-order valence-electron chi connectivity index (χ2n) is 4.97. The third-order valence-electron chi connectivity index (χ3n) is 2.69. The maximum atomic E-state index is 11.9. The van der Waals surface area contributed by atoms with Gasteiger partial charge in [-0.2, -0.15) is 13.2 Å². The van der Waals surface area contributed by atoms with Gasteiger partial charge in [0, 0.05) is 27.2 Å². The third-order valence-corrected chi connectivity index (χ3v) is 2.69. The van der Waals surface area contributed by atoms with Crippen molar-refractivity contribution in [1.82, 2.24) is 10.2 Å². The second kappa shape index (κ2) is 11.5. The Balaban J connectivity index is 0.00000484. The molecule has 1 aromatic rings. The molecule has 0 aliphatic carbocycles. The van der Waals surface area contributed by atoms with Crippen molar-refractivity contribution in [2.24, 2.45) is 4.99 Å². The van der Waals surface area contributed by atoms with E-state index < -0.39 is 12.8 Å². The molecule has 0 saturated carbocycles. The zero-order valence-corrected chi connectivity index (χ0v) is 15.6. The van der Waals surface area contributed by atoms with Gasteiger partial charge in [0.2, 0.25) is 0 Å². The first-order valence-corrected chi connectivity index (χ1v) is 7.02. The first-order chi connectivity index (χ1) is 10.4. The molecule has 4 nitrogen and oxygen atoms in total. The van der Waals surface area contributed by atoms with E-state index in [1.807, 2.05) is 49.3 Å². The molecule has 0 aromatic heterocycles. The Morgan fingerprint density at radius 2 is 1.87 bits per heavy atom. The number of hydrogen-bond donors (Lipinski definition) is 1. The molecule has 1 aromatic carbocycles. The van der Waals surface area contributed by atoms with Crippen LogP contribution in [0.2, 0.25) is 0 Å². The molecule has 0 saturated heterocycles. The van der Waals surface area contributed by atoms with Crippen LogP contribution in [0.3, 0.4) is 0 Å². The van der Waals surface area contributed by atoms with E-state index in [4.69, 9.17) is 0 Å². The molecule has 132 valence electrons. The normalized spacial score (nSPS) is 11.8. The summed E-state index contributed by atoms with van der Waals surface area (Å²) in [5.74, 6) is 0.694. The first kappa shape index (κ1) is 22.0. The number of alkyl halides is 3. The Labute approximate surface area is 152 Å². The quantitative estimate of drug-likeness (QED) is 0.303. The van der Waals surface area contributed by atoms with Crippen LogP contribution in [-0.2, 0) is 11.3 Å². The summed E-state index contributed by atoms with van der Waals surface area (Å²) in [5, 5.41) is 3.10. The fourth-order valence-electron chi connectivity index (χ4n) is 1.67. The van der Waals surface area contributed by atoms with Crippen LogP contribution in [0.4, 0.5) is 13.2 Å². The van der Waals surface area contributed by atoms with Crippen LogP contribution in [-0.4, -0.2) is 50.9 Å². The Hall–Kier alpha value is -1.03. The van der Waals surface area contributed by atoms with E-state index in [1.54, 1.807) is 0 Å². The number of guanidine groups is 1. The van der Waals surface area contributed by atoms with Crippen molar-refractivity contribution in [3.8, 4) is 0 Å². The maximum absolute atomic E-state index is 11.9. The SMILES string of the molecule is CN(C)C(=NCc1ccccc1)NCCCOCC(F)(F)F.I. The van der Waals surface area contributed by atoms with Gasteiger partial charge in [-0.1, -0.05) is 30.3 Å². The van der Waals surface area contributed by atoms with Crippen LogP contribution in [0, 0.1) is 0 Å². The van der Waals surface area contributed by atoms with Gasteiger partial charge in [0.05, 0.1) is 6.54 Å². The lowest BCUT2D eigenvalue weighted by Crippen LogP contribution is -2.37. The largest absolute Gasteiger partial charge is 0.411 e. The Kier molecular flexibility index (Phi) is 11.0. The Morgan fingerprint density at radius 1 is 1.22 bits per heavy atom. The predicted molar refractivity (Wildman–Crippen MR) is 96.2 cm³/mol. The lowest BCUT2D eigenvalue weighted by atomic mass is 10.2. The van der Waals surface area contributed by atoms with Gasteiger partial charge >= 0.3 is 6.18 Å². The number of nitrogens with one attached hydrogen (secondary N) is 1. The van der Waals surface area contributed by atoms with Crippen LogP contribution in [0.1, 0.15) is 12.0 Å². The third kappa shape index (κ3) is 11.2. The fraction of sp³-hybridized carbons (Fsp3) is 0.533. The summed E-state index contributed by atoms with van der Waals surface area (Å²) in [6, 6.07) is 9.82. The minimum absolute atomic E-state index is 0. The van der Waals surface area contributed by atoms with Crippen LogP contribution in [0.15, 0.2) is 35.3 Å². The van der Waals surface area contributed by atoms with Crippen molar-refractivity contribution in [3.05, 3.63) is 35.9 Å². The van der Waals surface area contributed by atoms with Crippen LogP contribution < -0.4 is 5.32 Å². The van der Waals surface area contributed by atoms with Crippen LogP contribution in [0.25, 0.3) is 0 Å². The summed E-state index contributed by atoms with van der Waals surface area (Å²) in [5.41, 5.74) is 1.09. The average molecular weight is 445 g/mol. The average Bonchev–Trinajstić information content (AvgIpc) is 2.45. The molecule has 0 spiro atoms. The number of nitrogens with zero attached hydrogens (tertiary/aromatic N) is 2. The lowest BCUT2D eigenvalue weighted by molar-refractivity contribution is -0.173. The van der Waals surface area contributed by atoms with Gasteiger partial charge in [-0.3, -0.25) is 0 Å². The summed E-state index contributed by atoms with van der Waals surface area (Å²) in [6.07, 6.45) is -3.78. The standard InChI is InChI=1S/C15H22F3N3O.HI/c1-21(2)14(20-11-13-7-4-3-5-8-13)19-9-6-10-22-12-15(16,17)18;/h3-5,7-8H,6,9-12H2,1-2H3,(H,19,20);1H. The molecule has 0 unspecified atom stereocenters. The smallest absolute Gasteiger partial charge is 0.372 e. The highest BCUT2D eigenvalue weighted by Gasteiger charge is 2.27. The van der Waals surface area contributed by atoms with Gasteiger partial charge in [0.15, 0.2) is 5.96 Å². The van der Waals surface area contributed by atoms with E-state index >= 15 is 0 Å². The fourth-order valence-corrected chi connectivity index (χ4v) is 1.67. The number of aliphatic imine (C=N–C) groups is 1. The highest BCUT2D eigenvalue weighted by molar-refractivity contribution is 14.0. The summed E-state index contributed by atoms with van der Waals surface area (Å²) in [7, 11) is 3.72. The molecule has 1 rings (SSSR count). The van der Waals surface area contributed by atoms with Crippen molar-refractivity contribution < 1.29 is 17.9 Å². The number of ether oxygens (including phenoxy) is 1. The van der Waals surface area contributed by atoms with Crippen molar-refractivity contribution in [2.45, 2.75) is 19.1 Å². The summed E-state index contributed by atoms with van der Waals surface area (Å²) in [4.78, 5) is 6.29. The number of rotatable bonds is 7. The van der Waals surface area contributed by atoms with E-state index in [2.05, 4.69) is 15.0 Å². The summed E-state index contributed by atoms with van der Waals surface area (Å²) in [6.45, 7) is -0.0862. The monoisotopic (exact) mass is 445 g/mol. The predicted octanol–water partition coefficient (Wildman–Crippen LogP) is 3.28. The van der Waals surface area contributed by atoms with Crippen molar-refractivity contribution in [1.29, 1.82) is 0 Å². The van der Waals surface area contributed by atoms with Gasteiger partial charge < -0.3 is 15.0 Å². The van der Waals surface area contributed by atoms with E-state index in [0.717, 1.165) is 5.56 Å². The van der Waals surface area contributed by atoms with Gasteiger partial charge in [-0.25, -0.2) is 4.99 Å². The number of benzene rings is 1. The van der Waals surface area contributed by atoms with Crippen molar-refractivity contribution in [2.75, 3.05) is 33.9 Å². The molecule has 23 heavy (non-hydrogen) atoms. The molecule has 1 N–H and O–H groups in total. The van der Waals surface area contributed by atoms with Crippen LogP contribution in [0.5, 0.6) is 0 Å². The second-order valence-corrected chi connectivity index (χ2v) is 4.97. The zero-order valence-electron chi connectivity index (χ0n) is 13.3. The van der Waals surface area contributed by atoms with Gasteiger partial charge in [-0.05, 0) is 12.0 Å². The lowest BCUT2D eigenvalue weighted by Gasteiger charge is -2.17. The molecule has 0 amide bonds. The molecule has 8 heteroatoms. The van der Waals surface area contributed by atoms with Crippen molar-refractivity contribution >= 4 is 29.9 Å². The van der Waals surface area contributed by atoms with Crippen molar-refractivity contribution in [3.63, 3.8) is 0 Å². The Morgan fingerprint density at radius 3 is 2.43 bits per heavy atom. The molecule has 0 bridgehead atoms. The van der Waals surface area contributed by atoms with E-state index in [0.29, 0.717) is 25.5 Å². The molecule has 0 aliphatic heterocycles. The zero-order chi connectivity index (χ0) is 16.4. The van der Waals surface area contributed by atoms with Gasteiger partial charge in [-0.15, -0.1) is 24.0 Å². The molecular formula is C15H23F3IN3O. The molecule has 0 fully saturated rings. The molecule has 0 aliphatic rings. The highest BCUT2D eigenvalue weighted by Crippen LogP contribution is 2.14. The molecule has 0 radical (unpaired) electrons. The van der Waals surface area contributed by atoms with Crippen LogP contribution >= 0.6 is 24.0 Å². The Bertz CT molecular complexity index is 453. The summed E-state index contributed by atoms with van der Waals surface area (Å²) < 4.78 is 40.2. The van der Waals surface area contributed by atoms with E-state index in [9.17, 15) is 13.2 Å². The van der Waals surface area contributed by atoms with Gasteiger partial charge in [0.25, 0.3) is 0 Å². The molecular weight excluding hydrogens is 422 g/mol. The topological polar surface area (TPSA) is 36.9 Å². The van der Waals surface area contributed by atoms with Gasteiger partial charge in [0.1, 0.15) is 6.61 Å². The minimum atomic E-state index is -4.26. The summed E-state index contributed by atoms with van der Waals surface area (Å²) >= 11 is 0. The maximum Gasteiger partial charge on any atom is 0.411 e. The minimum Gasteiger partial charge on any atom is -0.372 e. The van der Waals surface area contributed by atoms with E-state index in [-0.39, 0.29) is 30.6 Å². The molecule has 0 atom stereocenters. The highest BCUT2D eigenvalue weighted by atomic mass is 127.